The van der Waals surface area contributed by atoms with Crippen LogP contribution in [0.3, 0.4) is 0 Å². The number of rotatable bonds is 4. The Bertz CT molecular complexity index is 573. The normalized spacial score (nSPS) is 14.0. The number of hydrogen-bond donors (Lipinski definition) is 1. The lowest BCUT2D eigenvalue weighted by Gasteiger charge is -2.28. The number of nitrogens with one attached hydrogen (secondary N) is 1. The number of methoxy groups -OCH3 is 3. The number of hydrogen-bond acceptors (Lipinski definition) is 6. The van der Waals surface area contributed by atoms with Gasteiger partial charge < -0.3 is 14.2 Å². The Labute approximate surface area is 129 Å². The lowest BCUT2D eigenvalue weighted by molar-refractivity contribution is -0.121. The molecule has 7 nitrogen and oxygen atoms in total. The largest absolute Gasteiger partial charge is 0.493 e. The van der Waals surface area contributed by atoms with Crippen LogP contribution in [0.25, 0.3) is 0 Å². The van der Waals surface area contributed by atoms with Gasteiger partial charge in [0.15, 0.2) is 11.5 Å². The van der Waals surface area contributed by atoms with Crippen molar-refractivity contribution >= 4 is 12.0 Å². The minimum Gasteiger partial charge on any atom is -0.493 e. The molecule has 0 aromatic heterocycles. The highest BCUT2D eigenvalue weighted by Crippen LogP contribution is 2.33. The highest BCUT2D eigenvalue weighted by Gasteiger charge is 2.21. The summed E-state index contributed by atoms with van der Waals surface area (Å²) in [7, 11) is 4.42. The van der Waals surface area contributed by atoms with Crippen molar-refractivity contribution in [3.8, 4) is 11.5 Å². The summed E-state index contributed by atoms with van der Waals surface area (Å²) in [6.07, 6.45) is 0.0649. The van der Waals surface area contributed by atoms with Crippen LogP contribution >= 0.6 is 0 Å². The molecule has 22 heavy (non-hydrogen) atoms. The number of amides is 2. The molecule has 0 bridgehead atoms. The second-order valence-electron chi connectivity index (χ2n) is 4.98. The van der Waals surface area contributed by atoms with Gasteiger partial charge in [0.2, 0.25) is 5.91 Å². The molecule has 2 rings (SSSR count). The van der Waals surface area contributed by atoms with Crippen molar-refractivity contribution in [2.24, 2.45) is 0 Å². The molecular weight excluding hydrogens is 288 g/mol. The van der Waals surface area contributed by atoms with E-state index in [0.717, 1.165) is 18.5 Å². The van der Waals surface area contributed by atoms with Gasteiger partial charge in [0.25, 0.3) is 0 Å². The van der Waals surface area contributed by atoms with Gasteiger partial charge in [-0.25, -0.2) is 4.79 Å². The van der Waals surface area contributed by atoms with Crippen molar-refractivity contribution in [2.75, 3.05) is 34.4 Å². The Morgan fingerprint density at radius 1 is 1.14 bits per heavy atom. The second-order valence-corrected chi connectivity index (χ2v) is 4.98. The summed E-state index contributed by atoms with van der Waals surface area (Å²) in [6, 6.07) is 3.90. The van der Waals surface area contributed by atoms with Gasteiger partial charge in [-0.3, -0.25) is 15.0 Å². The quantitative estimate of drug-likeness (QED) is 0.892. The number of fused-ring (bicyclic) bond motifs is 1. The van der Waals surface area contributed by atoms with Gasteiger partial charge in [-0.1, -0.05) is 0 Å². The summed E-state index contributed by atoms with van der Waals surface area (Å²) in [6.45, 7) is 1.49. The monoisotopic (exact) mass is 308 g/mol. The van der Waals surface area contributed by atoms with Crippen molar-refractivity contribution in [1.29, 1.82) is 0 Å². The number of nitrogens with zero attached hydrogens (tertiary/aromatic N) is 1. The fraction of sp³-hybridized carbons (Fsp3) is 0.467. The fourth-order valence-corrected chi connectivity index (χ4v) is 2.48. The topological polar surface area (TPSA) is 77.1 Å². The van der Waals surface area contributed by atoms with E-state index in [1.165, 1.54) is 12.7 Å². The molecule has 7 heteroatoms. The molecule has 0 unspecified atom stereocenters. The molecule has 0 saturated heterocycles. The van der Waals surface area contributed by atoms with Gasteiger partial charge in [-0.2, -0.15) is 0 Å². The van der Waals surface area contributed by atoms with E-state index in [-0.39, 0.29) is 12.5 Å². The number of carbonyl (C=O) groups excluding carboxylic acids is 2. The van der Waals surface area contributed by atoms with Crippen LogP contribution in [0.4, 0.5) is 4.79 Å². The summed E-state index contributed by atoms with van der Waals surface area (Å²) in [5, 5.41) is 2.16. The maximum Gasteiger partial charge on any atom is 0.413 e. The van der Waals surface area contributed by atoms with Gasteiger partial charge in [0, 0.05) is 13.1 Å². The van der Waals surface area contributed by atoms with Crippen molar-refractivity contribution < 1.29 is 23.8 Å². The van der Waals surface area contributed by atoms with Crippen molar-refractivity contribution in [1.82, 2.24) is 10.2 Å². The number of alkyl carbamates (subject to hydrolysis) is 1. The summed E-state index contributed by atoms with van der Waals surface area (Å²) in [4.78, 5) is 24.7. The third kappa shape index (κ3) is 3.67. The number of imide groups is 1. The van der Waals surface area contributed by atoms with E-state index in [4.69, 9.17) is 9.47 Å². The summed E-state index contributed by atoms with van der Waals surface area (Å²) >= 11 is 0. The van der Waals surface area contributed by atoms with Crippen LogP contribution < -0.4 is 14.8 Å². The molecule has 0 atom stereocenters. The summed E-state index contributed by atoms with van der Waals surface area (Å²) in [5.74, 6) is 0.996. The average Bonchev–Trinajstić information content (AvgIpc) is 2.53. The Kier molecular flexibility index (Phi) is 5.21. The molecule has 1 aromatic carbocycles. The van der Waals surface area contributed by atoms with Crippen molar-refractivity contribution in [3.05, 3.63) is 23.3 Å². The lowest BCUT2D eigenvalue weighted by atomic mass is 9.99. The number of ether oxygens (including phenoxy) is 3. The molecule has 120 valence electrons. The molecule has 1 aliphatic rings. The molecule has 0 spiro atoms. The van der Waals surface area contributed by atoms with E-state index in [0.29, 0.717) is 18.0 Å². The highest BCUT2D eigenvalue weighted by atomic mass is 16.5. The maximum absolute atomic E-state index is 11.7. The van der Waals surface area contributed by atoms with Gasteiger partial charge in [0.05, 0.1) is 27.9 Å². The highest BCUT2D eigenvalue weighted by molar-refractivity contribution is 5.92. The van der Waals surface area contributed by atoms with Crippen LogP contribution in [0.5, 0.6) is 11.5 Å². The zero-order valence-corrected chi connectivity index (χ0v) is 13.0. The molecule has 1 heterocycles. The molecule has 1 N–H and O–H groups in total. The minimum absolute atomic E-state index is 0.142. The number of benzene rings is 1. The Balaban J connectivity index is 2.05. The molecule has 0 saturated carbocycles. The average molecular weight is 308 g/mol. The van der Waals surface area contributed by atoms with Crippen LogP contribution in [-0.2, 0) is 22.5 Å². The van der Waals surface area contributed by atoms with E-state index in [1.807, 2.05) is 17.0 Å². The Morgan fingerprint density at radius 2 is 1.77 bits per heavy atom. The van der Waals surface area contributed by atoms with Crippen molar-refractivity contribution in [2.45, 2.75) is 13.0 Å². The van der Waals surface area contributed by atoms with Crippen LogP contribution in [0.1, 0.15) is 11.1 Å². The molecule has 0 fully saturated rings. The fourth-order valence-electron chi connectivity index (χ4n) is 2.48. The van der Waals surface area contributed by atoms with Crippen LogP contribution in [0.15, 0.2) is 12.1 Å². The van der Waals surface area contributed by atoms with E-state index in [1.54, 1.807) is 14.2 Å². The molecule has 1 aromatic rings. The van der Waals surface area contributed by atoms with E-state index >= 15 is 0 Å². The molecule has 1 aliphatic heterocycles. The standard InChI is InChI=1S/C15H20N2O5/c1-20-12-6-10-4-5-17(8-11(10)7-13(12)21-2)9-14(18)16-15(19)22-3/h6-7H,4-5,8-9H2,1-3H3,(H,16,18,19). The first kappa shape index (κ1) is 16.1. The predicted molar refractivity (Wildman–Crippen MR) is 79.1 cm³/mol. The van der Waals surface area contributed by atoms with Gasteiger partial charge in [-0.15, -0.1) is 0 Å². The van der Waals surface area contributed by atoms with Gasteiger partial charge >= 0.3 is 6.09 Å². The zero-order chi connectivity index (χ0) is 16.1. The summed E-state index contributed by atoms with van der Waals surface area (Å²) < 4.78 is 15.0. The summed E-state index contributed by atoms with van der Waals surface area (Å²) in [5.41, 5.74) is 2.28. The Morgan fingerprint density at radius 3 is 2.36 bits per heavy atom. The smallest absolute Gasteiger partial charge is 0.413 e. The first-order valence-electron chi connectivity index (χ1n) is 6.91. The van der Waals surface area contributed by atoms with E-state index < -0.39 is 6.09 Å². The SMILES string of the molecule is COC(=O)NC(=O)CN1CCc2cc(OC)c(OC)cc2C1. The van der Waals surface area contributed by atoms with E-state index in [9.17, 15) is 9.59 Å². The van der Waals surface area contributed by atoms with E-state index in [2.05, 4.69) is 10.1 Å². The maximum atomic E-state index is 11.7. The Hall–Kier alpha value is -2.28. The first-order valence-corrected chi connectivity index (χ1v) is 6.91. The van der Waals surface area contributed by atoms with Crippen LogP contribution in [0, 0.1) is 0 Å². The first-order chi connectivity index (χ1) is 10.6. The molecule has 0 radical (unpaired) electrons. The lowest BCUT2D eigenvalue weighted by Crippen LogP contribution is -2.41. The van der Waals surface area contributed by atoms with Gasteiger partial charge in [-0.05, 0) is 29.7 Å². The predicted octanol–water partition coefficient (Wildman–Crippen LogP) is 0.944. The third-order valence-corrected chi connectivity index (χ3v) is 3.59. The minimum atomic E-state index is -0.742. The van der Waals surface area contributed by atoms with Crippen LogP contribution in [-0.4, -0.2) is 51.3 Å². The van der Waals surface area contributed by atoms with Crippen LogP contribution in [0.2, 0.25) is 0 Å². The molecular formula is C15H20N2O5. The zero-order valence-electron chi connectivity index (χ0n) is 13.0. The molecule has 2 amide bonds. The van der Waals surface area contributed by atoms with Gasteiger partial charge in [0.1, 0.15) is 0 Å². The third-order valence-electron chi connectivity index (χ3n) is 3.59. The van der Waals surface area contributed by atoms with Crippen molar-refractivity contribution in [3.63, 3.8) is 0 Å². The molecule has 0 aliphatic carbocycles. The second kappa shape index (κ2) is 7.13. The number of carbonyl (C=O) groups is 2.